The molecule has 7 nitrogen and oxygen atoms in total. The van der Waals surface area contributed by atoms with Crippen LogP contribution in [0.5, 0.6) is 0 Å². The number of nitrogens with one attached hydrogen (secondary N) is 1. The summed E-state index contributed by atoms with van der Waals surface area (Å²) in [6.45, 7) is -0.0449. The van der Waals surface area contributed by atoms with E-state index in [1.807, 2.05) is 0 Å². The van der Waals surface area contributed by atoms with Crippen LogP contribution in [0.4, 0.5) is 15.8 Å². The highest BCUT2D eigenvalue weighted by atomic mass is 35.5. The molecule has 0 aliphatic carbocycles. The summed E-state index contributed by atoms with van der Waals surface area (Å²) in [7, 11) is -4.02. The zero-order valence-corrected chi connectivity index (χ0v) is 20.9. The van der Waals surface area contributed by atoms with E-state index in [9.17, 15) is 17.6 Å². The molecule has 2 heterocycles. The van der Waals surface area contributed by atoms with Crippen LogP contribution >= 0.6 is 23.4 Å². The Balaban J connectivity index is 1.41. The molecule has 4 aromatic rings. The van der Waals surface area contributed by atoms with E-state index < -0.39 is 15.8 Å². The van der Waals surface area contributed by atoms with Crippen LogP contribution in [0.3, 0.4) is 0 Å². The maximum atomic E-state index is 13.7. The van der Waals surface area contributed by atoms with E-state index in [-0.39, 0.29) is 34.0 Å². The van der Waals surface area contributed by atoms with Crippen LogP contribution in [0.15, 0.2) is 89.0 Å². The van der Waals surface area contributed by atoms with Crippen molar-refractivity contribution in [2.24, 2.45) is 0 Å². The fourth-order valence-corrected chi connectivity index (χ4v) is 6.18. The number of hydrogen-bond acceptors (Lipinski definition) is 6. The number of para-hydroxylation sites is 1. The minimum Gasteiger partial charge on any atom is -0.325 e. The van der Waals surface area contributed by atoms with Gasteiger partial charge in [0.05, 0.1) is 29.9 Å². The molecule has 5 rings (SSSR count). The maximum Gasteiger partial charge on any atom is 0.268 e. The van der Waals surface area contributed by atoms with Crippen molar-refractivity contribution in [3.8, 4) is 11.3 Å². The summed E-state index contributed by atoms with van der Waals surface area (Å²) in [5.74, 6) is -0.705. The molecule has 11 heteroatoms. The Labute approximate surface area is 216 Å². The topological polar surface area (TPSA) is 92.3 Å². The first-order valence-electron chi connectivity index (χ1n) is 10.7. The van der Waals surface area contributed by atoms with Crippen LogP contribution in [-0.2, 0) is 21.4 Å². The first-order chi connectivity index (χ1) is 17.3. The van der Waals surface area contributed by atoms with Crippen molar-refractivity contribution in [1.82, 2.24) is 9.97 Å². The van der Waals surface area contributed by atoms with Gasteiger partial charge in [0.1, 0.15) is 10.7 Å². The SMILES string of the molecule is O=C(CSc1ncc2c(n1)-c1ccccc1N(Cc1cccc(F)c1)S2(=O)=O)Nc1cccc(Cl)c1. The molecule has 0 bridgehead atoms. The standard InChI is InChI=1S/C25H18ClFN4O3S2/c26-17-6-4-8-19(12-17)29-23(32)15-35-25-28-13-22-24(30-25)20-9-1-2-10-21(20)31(36(22,33)34)14-16-5-3-7-18(27)11-16/h1-13H,14-15H2,(H,29,32). The van der Waals surface area contributed by atoms with E-state index in [1.165, 1.54) is 28.7 Å². The fraction of sp³-hybridized carbons (Fsp3) is 0.0800. The van der Waals surface area contributed by atoms with Crippen LogP contribution in [0.25, 0.3) is 11.3 Å². The summed E-state index contributed by atoms with van der Waals surface area (Å²) in [4.78, 5) is 21.0. The van der Waals surface area contributed by atoms with E-state index in [2.05, 4.69) is 15.3 Å². The Hall–Kier alpha value is -3.47. The summed E-state index contributed by atoms with van der Waals surface area (Å²) in [6, 6.07) is 19.6. The molecule has 3 aromatic carbocycles. The third kappa shape index (κ3) is 4.92. The molecule has 1 aromatic heterocycles. The lowest BCUT2D eigenvalue weighted by Gasteiger charge is -2.31. The first-order valence-corrected chi connectivity index (χ1v) is 13.5. The van der Waals surface area contributed by atoms with Crippen molar-refractivity contribution in [3.05, 3.63) is 95.4 Å². The highest BCUT2D eigenvalue weighted by Gasteiger charge is 2.36. The molecule has 0 saturated heterocycles. The largest absolute Gasteiger partial charge is 0.325 e. The third-order valence-corrected chi connectivity index (χ3v) is 8.24. The monoisotopic (exact) mass is 540 g/mol. The van der Waals surface area contributed by atoms with Gasteiger partial charge in [-0.15, -0.1) is 0 Å². The number of sulfonamides is 1. The summed E-state index contributed by atoms with van der Waals surface area (Å²) in [6.07, 6.45) is 1.25. The molecule has 1 N–H and O–H groups in total. The van der Waals surface area contributed by atoms with Gasteiger partial charge in [-0.2, -0.15) is 0 Å². The zero-order chi connectivity index (χ0) is 25.3. The molecule has 0 saturated carbocycles. The minimum absolute atomic E-state index is 0.0192. The third-order valence-electron chi connectivity index (χ3n) is 5.38. The molecule has 0 spiro atoms. The number of thioether (sulfide) groups is 1. The molecule has 1 aliphatic rings. The van der Waals surface area contributed by atoms with Crippen molar-refractivity contribution in [2.45, 2.75) is 16.6 Å². The lowest BCUT2D eigenvalue weighted by molar-refractivity contribution is -0.113. The Morgan fingerprint density at radius 3 is 2.67 bits per heavy atom. The van der Waals surface area contributed by atoms with Crippen molar-refractivity contribution < 1.29 is 17.6 Å². The van der Waals surface area contributed by atoms with Crippen LogP contribution in [0, 0.1) is 5.82 Å². The summed E-state index contributed by atoms with van der Waals surface area (Å²) in [5, 5.41) is 3.51. The van der Waals surface area contributed by atoms with Crippen molar-refractivity contribution in [2.75, 3.05) is 15.4 Å². The normalized spacial score (nSPS) is 13.6. The van der Waals surface area contributed by atoms with Gasteiger partial charge in [0, 0.05) is 16.3 Å². The number of anilines is 2. The fourth-order valence-electron chi connectivity index (χ4n) is 3.81. The molecule has 182 valence electrons. The van der Waals surface area contributed by atoms with Crippen LogP contribution < -0.4 is 9.62 Å². The van der Waals surface area contributed by atoms with E-state index in [1.54, 1.807) is 54.6 Å². The lowest BCUT2D eigenvalue weighted by Crippen LogP contribution is -2.34. The number of rotatable bonds is 6. The molecular weight excluding hydrogens is 523 g/mol. The Kier molecular flexibility index (Phi) is 6.65. The number of halogens is 2. The van der Waals surface area contributed by atoms with Gasteiger partial charge >= 0.3 is 0 Å². The number of carbonyl (C=O) groups is 1. The number of fused-ring (bicyclic) bond motifs is 3. The predicted molar refractivity (Wildman–Crippen MR) is 138 cm³/mol. The Morgan fingerprint density at radius 2 is 1.86 bits per heavy atom. The number of amides is 1. The van der Waals surface area contributed by atoms with E-state index in [0.717, 1.165) is 11.8 Å². The van der Waals surface area contributed by atoms with Gasteiger partial charge in [0.15, 0.2) is 5.16 Å². The number of nitrogens with zero attached hydrogens (tertiary/aromatic N) is 3. The molecule has 0 atom stereocenters. The van der Waals surface area contributed by atoms with Gasteiger partial charge in [0.2, 0.25) is 5.91 Å². The van der Waals surface area contributed by atoms with Gasteiger partial charge in [-0.3, -0.25) is 9.10 Å². The van der Waals surface area contributed by atoms with Gasteiger partial charge < -0.3 is 5.32 Å². The van der Waals surface area contributed by atoms with Gasteiger partial charge in [-0.05, 0) is 42.0 Å². The van der Waals surface area contributed by atoms with Gasteiger partial charge in [-0.25, -0.2) is 22.8 Å². The van der Waals surface area contributed by atoms with Crippen LogP contribution in [-0.4, -0.2) is 30.0 Å². The van der Waals surface area contributed by atoms with Gasteiger partial charge in [0.25, 0.3) is 10.0 Å². The van der Waals surface area contributed by atoms with Crippen LogP contribution in [0.2, 0.25) is 5.02 Å². The molecule has 0 radical (unpaired) electrons. The average molecular weight is 541 g/mol. The second-order valence-corrected chi connectivity index (χ2v) is 11.1. The Morgan fingerprint density at radius 1 is 1.06 bits per heavy atom. The molecule has 1 amide bonds. The van der Waals surface area contributed by atoms with Crippen molar-refractivity contribution in [3.63, 3.8) is 0 Å². The quantitative estimate of drug-likeness (QED) is 0.261. The zero-order valence-electron chi connectivity index (χ0n) is 18.6. The van der Waals surface area contributed by atoms with Crippen LogP contribution in [0.1, 0.15) is 5.56 Å². The maximum absolute atomic E-state index is 13.7. The average Bonchev–Trinajstić information content (AvgIpc) is 2.85. The van der Waals surface area contributed by atoms with E-state index in [0.29, 0.717) is 27.5 Å². The second-order valence-electron chi connectivity index (χ2n) is 7.87. The summed E-state index contributed by atoms with van der Waals surface area (Å²) in [5.41, 5.74) is 2.37. The van der Waals surface area contributed by atoms with Crippen molar-refractivity contribution in [1.29, 1.82) is 0 Å². The Bertz CT molecular complexity index is 1580. The molecule has 36 heavy (non-hydrogen) atoms. The van der Waals surface area contributed by atoms with Crippen molar-refractivity contribution >= 4 is 50.7 Å². The smallest absolute Gasteiger partial charge is 0.268 e. The molecule has 0 unspecified atom stereocenters. The van der Waals surface area contributed by atoms with E-state index >= 15 is 0 Å². The van der Waals surface area contributed by atoms with Gasteiger partial charge in [-0.1, -0.05) is 59.8 Å². The summed E-state index contributed by atoms with van der Waals surface area (Å²) < 4.78 is 42.0. The molecule has 0 fully saturated rings. The number of hydrogen-bond donors (Lipinski definition) is 1. The lowest BCUT2D eigenvalue weighted by atomic mass is 10.1. The second kappa shape index (κ2) is 9.88. The number of benzene rings is 3. The molecular formula is C25H18ClFN4O3S2. The minimum atomic E-state index is -4.02. The highest BCUT2D eigenvalue weighted by molar-refractivity contribution is 7.99. The highest BCUT2D eigenvalue weighted by Crippen LogP contribution is 2.42. The molecule has 1 aliphatic heterocycles. The predicted octanol–water partition coefficient (Wildman–Crippen LogP) is 5.38. The van der Waals surface area contributed by atoms with E-state index in [4.69, 9.17) is 11.6 Å². The number of carbonyl (C=O) groups excluding carboxylic acids is 1. The number of aromatic nitrogens is 2. The summed E-state index contributed by atoms with van der Waals surface area (Å²) >= 11 is 7.04. The first kappa shape index (κ1) is 24.2.